The standard InChI is InChI=1S/C26H44N4O7S/c1-18(2)12-20-13-29(23(32)16-35-4)14-22(36-5)25(34)21(31)15-37-11-7-6-10-30(20)24(33)17-38-26-27-9-8-19(3)28-26/h8-9,18,20-22,25,31,34H,6-7,10-17H2,1-5H3/t20-,21+,22+,25+/m0/s1. The molecule has 1 aliphatic rings. The van der Waals surface area contributed by atoms with Gasteiger partial charge in [0.2, 0.25) is 11.8 Å². The molecule has 1 aliphatic heterocycles. The van der Waals surface area contributed by atoms with Gasteiger partial charge >= 0.3 is 0 Å². The highest BCUT2D eigenvalue weighted by Gasteiger charge is 2.33. The highest BCUT2D eigenvalue weighted by molar-refractivity contribution is 7.99. The molecule has 12 heteroatoms. The molecule has 0 aromatic carbocycles. The second-order valence-corrected chi connectivity index (χ2v) is 10.9. The molecular formula is C26H44N4O7S. The predicted octanol–water partition coefficient (Wildman–Crippen LogP) is 1.14. The van der Waals surface area contributed by atoms with Gasteiger partial charge in [-0.3, -0.25) is 9.59 Å². The Kier molecular flexibility index (Phi) is 14.5. The number of nitrogens with zero attached hydrogens (tertiary/aromatic N) is 4. The lowest BCUT2D eigenvalue weighted by atomic mass is 10.00. The van der Waals surface area contributed by atoms with Crippen molar-refractivity contribution in [2.45, 2.75) is 69.5 Å². The Bertz CT molecular complexity index is 863. The average Bonchev–Trinajstić information content (AvgIpc) is 2.87. The van der Waals surface area contributed by atoms with E-state index in [2.05, 4.69) is 23.8 Å². The van der Waals surface area contributed by atoms with E-state index in [9.17, 15) is 19.8 Å². The monoisotopic (exact) mass is 556 g/mol. The lowest BCUT2D eigenvalue weighted by Crippen LogP contribution is -2.54. The Morgan fingerprint density at radius 2 is 1.97 bits per heavy atom. The van der Waals surface area contributed by atoms with Crippen LogP contribution < -0.4 is 0 Å². The topological polar surface area (TPSA) is 135 Å². The van der Waals surface area contributed by atoms with Crippen molar-refractivity contribution in [3.8, 4) is 0 Å². The van der Waals surface area contributed by atoms with Gasteiger partial charge in [0.05, 0.1) is 12.4 Å². The zero-order chi connectivity index (χ0) is 28.1. The number of carbonyl (C=O) groups is 2. The van der Waals surface area contributed by atoms with Gasteiger partial charge in [0.1, 0.15) is 24.9 Å². The van der Waals surface area contributed by atoms with Crippen molar-refractivity contribution in [1.82, 2.24) is 19.8 Å². The van der Waals surface area contributed by atoms with Crippen LogP contribution in [0.2, 0.25) is 0 Å². The van der Waals surface area contributed by atoms with Crippen LogP contribution in [0.5, 0.6) is 0 Å². The number of amides is 2. The van der Waals surface area contributed by atoms with Crippen molar-refractivity contribution in [3.63, 3.8) is 0 Å². The maximum Gasteiger partial charge on any atom is 0.248 e. The van der Waals surface area contributed by atoms with Gasteiger partial charge in [0.25, 0.3) is 0 Å². The van der Waals surface area contributed by atoms with Crippen LogP contribution in [0.15, 0.2) is 17.4 Å². The van der Waals surface area contributed by atoms with E-state index in [0.717, 1.165) is 5.69 Å². The van der Waals surface area contributed by atoms with Crippen LogP contribution in [-0.4, -0.2) is 126 Å². The second-order valence-electron chi connectivity index (χ2n) is 9.99. The summed E-state index contributed by atoms with van der Waals surface area (Å²) in [7, 11) is 2.87. The molecule has 0 saturated carbocycles. The van der Waals surface area contributed by atoms with E-state index in [1.165, 1.54) is 26.0 Å². The van der Waals surface area contributed by atoms with Crippen LogP contribution in [0.1, 0.15) is 38.8 Å². The van der Waals surface area contributed by atoms with E-state index in [4.69, 9.17) is 14.2 Å². The highest BCUT2D eigenvalue weighted by Crippen LogP contribution is 2.20. The van der Waals surface area contributed by atoms with Gasteiger partial charge < -0.3 is 34.2 Å². The summed E-state index contributed by atoms with van der Waals surface area (Å²) in [5.74, 6) is 0.0850. The molecule has 1 aromatic heterocycles. The van der Waals surface area contributed by atoms with Gasteiger partial charge in [0, 0.05) is 58.4 Å². The van der Waals surface area contributed by atoms with Crippen molar-refractivity contribution in [2.75, 3.05) is 59.4 Å². The Morgan fingerprint density at radius 3 is 2.63 bits per heavy atom. The first-order chi connectivity index (χ1) is 18.2. The number of aliphatic hydroxyl groups is 2. The number of aromatic nitrogens is 2. The third-order valence-corrected chi connectivity index (χ3v) is 7.20. The average molecular weight is 557 g/mol. The second kappa shape index (κ2) is 17.0. The molecule has 0 bridgehead atoms. The van der Waals surface area contributed by atoms with E-state index in [-0.39, 0.29) is 55.8 Å². The summed E-state index contributed by atoms with van der Waals surface area (Å²) in [6.07, 6.45) is 0.450. The van der Waals surface area contributed by atoms with E-state index >= 15 is 0 Å². The maximum atomic E-state index is 13.6. The lowest BCUT2D eigenvalue weighted by molar-refractivity contribution is -0.145. The van der Waals surface area contributed by atoms with Crippen molar-refractivity contribution in [3.05, 3.63) is 18.0 Å². The van der Waals surface area contributed by atoms with Crippen molar-refractivity contribution in [2.24, 2.45) is 5.92 Å². The van der Waals surface area contributed by atoms with E-state index in [1.807, 2.05) is 17.9 Å². The Morgan fingerprint density at radius 1 is 1.21 bits per heavy atom. The van der Waals surface area contributed by atoms with Crippen molar-refractivity contribution >= 4 is 23.6 Å². The third-order valence-electron chi connectivity index (χ3n) is 6.36. The molecule has 4 atom stereocenters. The molecule has 1 saturated heterocycles. The van der Waals surface area contributed by atoms with E-state index in [1.54, 1.807) is 11.1 Å². The van der Waals surface area contributed by atoms with Crippen LogP contribution in [0.4, 0.5) is 0 Å². The SMILES string of the molecule is COCC(=O)N1C[C@H](CC(C)C)N(C(=O)CSc2nccc(C)n2)CCCCOC[C@@H](O)[C@@H](O)[C@H](OC)C1. The maximum absolute atomic E-state index is 13.6. The molecule has 2 N–H and O–H groups in total. The number of thioether (sulfide) groups is 1. The summed E-state index contributed by atoms with van der Waals surface area (Å²) in [6, 6.07) is 1.54. The van der Waals surface area contributed by atoms with Gasteiger partial charge in [-0.15, -0.1) is 0 Å². The molecular weight excluding hydrogens is 512 g/mol. The fourth-order valence-electron chi connectivity index (χ4n) is 4.38. The minimum absolute atomic E-state index is 0.0272. The number of methoxy groups -OCH3 is 2. The summed E-state index contributed by atoms with van der Waals surface area (Å²) in [4.78, 5) is 38.7. The number of ether oxygens (including phenoxy) is 3. The molecule has 0 unspecified atom stereocenters. The number of hydrogen-bond acceptors (Lipinski definition) is 10. The number of carbonyl (C=O) groups excluding carboxylic acids is 2. The molecule has 216 valence electrons. The van der Waals surface area contributed by atoms with Crippen molar-refractivity contribution in [1.29, 1.82) is 0 Å². The van der Waals surface area contributed by atoms with Crippen LogP contribution in [0.3, 0.4) is 0 Å². The molecule has 2 heterocycles. The van der Waals surface area contributed by atoms with Gasteiger partial charge in [0.15, 0.2) is 5.16 Å². The van der Waals surface area contributed by atoms with Gasteiger partial charge in [-0.25, -0.2) is 9.97 Å². The largest absolute Gasteiger partial charge is 0.388 e. The molecule has 1 aromatic rings. The van der Waals surface area contributed by atoms with E-state index in [0.29, 0.717) is 37.6 Å². The van der Waals surface area contributed by atoms with Crippen LogP contribution in [0.25, 0.3) is 0 Å². The first-order valence-corrected chi connectivity index (χ1v) is 14.1. The molecule has 0 spiro atoms. The van der Waals surface area contributed by atoms with Crippen LogP contribution in [0, 0.1) is 12.8 Å². The zero-order valence-electron chi connectivity index (χ0n) is 23.2. The molecule has 38 heavy (non-hydrogen) atoms. The van der Waals surface area contributed by atoms with Crippen LogP contribution in [-0.2, 0) is 23.8 Å². The first kappa shape index (κ1) is 32.4. The smallest absolute Gasteiger partial charge is 0.248 e. The summed E-state index contributed by atoms with van der Waals surface area (Å²) >= 11 is 1.29. The van der Waals surface area contributed by atoms with Gasteiger partial charge in [-0.1, -0.05) is 25.6 Å². The Hall–Kier alpha value is -1.83. The number of aliphatic hydroxyl groups excluding tert-OH is 2. The third kappa shape index (κ3) is 10.7. The van der Waals surface area contributed by atoms with E-state index < -0.39 is 18.3 Å². The molecule has 2 amide bonds. The molecule has 0 aliphatic carbocycles. The number of aryl methyl sites for hydroxylation is 1. The fourth-order valence-corrected chi connectivity index (χ4v) is 5.15. The number of rotatable bonds is 8. The number of hydrogen-bond donors (Lipinski definition) is 2. The van der Waals surface area contributed by atoms with Crippen molar-refractivity contribution < 1.29 is 34.0 Å². The first-order valence-electron chi connectivity index (χ1n) is 13.1. The Balaban J connectivity index is 2.34. The normalized spacial score (nSPS) is 24.3. The van der Waals surface area contributed by atoms with Gasteiger partial charge in [-0.05, 0) is 38.2 Å². The fraction of sp³-hybridized carbons (Fsp3) is 0.769. The molecule has 1 fully saturated rings. The molecule has 2 rings (SSSR count). The summed E-state index contributed by atoms with van der Waals surface area (Å²) in [6.45, 7) is 7.00. The lowest BCUT2D eigenvalue weighted by Gasteiger charge is -2.38. The van der Waals surface area contributed by atoms with Crippen LogP contribution >= 0.6 is 11.8 Å². The zero-order valence-corrected chi connectivity index (χ0v) is 24.1. The molecule has 0 radical (unpaired) electrons. The summed E-state index contributed by atoms with van der Waals surface area (Å²) < 4.78 is 16.2. The minimum atomic E-state index is -1.26. The summed E-state index contributed by atoms with van der Waals surface area (Å²) in [5.41, 5.74) is 0.832. The highest BCUT2D eigenvalue weighted by atomic mass is 32.2. The summed E-state index contributed by atoms with van der Waals surface area (Å²) in [5, 5.41) is 21.7. The molecule has 11 nitrogen and oxygen atoms in total. The quantitative estimate of drug-likeness (QED) is 0.355. The predicted molar refractivity (Wildman–Crippen MR) is 144 cm³/mol. The minimum Gasteiger partial charge on any atom is -0.388 e. The van der Waals surface area contributed by atoms with Gasteiger partial charge in [-0.2, -0.15) is 0 Å². The Labute approximate surface area is 230 Å².